The Bertz CT molecular complexity index is 604. The number of pyridine rings is 1. The minimum atomic E-state index is -0.00530. The van der Waals surface area contributed by atoms with E-state index >= 15 is 0 Å². The second kappa shape index (κ2) is 8.19. The molecule has 23 heavy (non-hydrogen) atoms. The maximum Gasteiger partial charge on any atom is 0.252 e. The van der Waals surface area contributed by atoms with Crippen LogP contribution in [0.2, 0.25) is 0 Å². The average Bonchev–Trinajstić information content (AvgIpc) is 3.11. The van der Waals surface area contributed by atoms with Crippen LogP contribution in [0.5, 0.6) is 0 Å². The quantitative estimate of drug-likeness (QED) is 0.881. The van der Waals surface area contributed by atoms with Gasteiger partial charge in [-0.15, -0.1) is 0 Å². The number of nitrogens with zero attached hydrogens (tertiary/aromatic N) is 2. The summed E-state index contributed by atoms with van der Waals surface area (Å²) < 4.78 is 5.81. The third-order valence-electron chi connectivity index (χ3n) is 3.89. The minimum Gasteiger partial charge on any atom is -0.375 e. The molecule has 0 aliphatic carbocycles. The Kier molecular flexibility index (Phi) is 5.74. The maximum absolute atomic E-state index is 11.9. The summed E-state index contributed by atoms with van der Waals surface area (Å²) in [6, 6.07) is 5.90. The Morgan fingerprint density at radius 2 is 2.43 bits per heavy atom. The third kappa shape index (κ3) is 4.86. The fourth-order valence-corrected chi connectivity index (χ4v) is 3.33. The topological polar surface area (TPSA) is 54.5 Å². The van der Waals surface area contributed by atoms with Crippen LogP contribution in [0.15, 0.2) is 41.4 Å². The number of rotatable bonds is 6. The van der Waals surface area contributed by atoms with Gasteiger partial charge in [0.25, 0.3) is 5.91 Å². The van der Waals surface area contributed by atoms with Crippen molar-refractivity contribution in [2.75, 3.05) is 26.2 Å². The molecular weight excluding hydrogens is 310 g/mol. The summed E-state index contributed by atoms with van der Waals surface area (Å²) in [6.45, 7) is 4.11. The molecule has 1 aliphatic rings. The zero-order valence-electron chi connectivity index (χ0n) is 13.0. The molecule has 1 amide bonds. The number of carbonyl (C=O) groups excluding carboxylic acids is 1. The predicted octanol–water partition coefficient (Wildman–Crippen LogP) is 2.16. The predicted molar refractivity (Wildman–Crippen MR) is 90.5 cm³/mol. The highest BCUT2D eigenvalue weighted by Crippen LogP contribution is 2.12. The maximum atomic E-state index is 11.9. The number of hydrogen-bond acceptors (Lipinski definition) is 5. The first kappa shape index (κ1) is 16.1. The van der Waals surface area contributed by atoms with Crippen LogP contribution in [0, 0.1) is 0 Å². The first-order valence-electron chi connectivity index (χ1n) is 7.84. The molecule has 0 radical (unpaired) electrons. The lowest BCUT2D eigenvalue weighted by Crippen LogP contribution is -2.43. The molecule has 1 saturated heterocycles. The standard InChI is InChI=1S/C17H21N3O2S/c21-17(15-4-9-23-13-15)19-6-3-16-12-20(7-8-22-16)11-14-2-1-5-18-10-14/h1-2,4-5,9-10,13,16H,3,6-8,11-12H2,(H,19,21)/t16-/m0/s1. The van der Waals surface area contributed by atoms with Crippen molar-refractivity contribution in [1.82, 2.24) is 15.2 Å². The van der Waals surface area contributed by atoms with E-state index in [1.54, 1.807) is 6.20 Å². The molecule has 0 aromatic carbocycles. The Balaban J connectivity index is 1.41. The molecule has 1 aliphatic heterocycles. The van der Waals surface area contributed by atoms with E-state index in [4.69, 9.17) is 4.74 Å². The van der Waals surface area contributed by atoms with Crippen molar-refractivity contribution in [2.24, 2.45) is 0 Å². The number of amides is 1. The largest absolute Gasteiger partial charge is 0.375 e. The lowest BCUT2D eigenvalue weighted by Gasteiger charge is -2.33. The Morgan fingerprint density at radius 1 is 1.48 bits per heavy atom. The van der Waals surface area contributed by atoms with Gasteiger partial charge in [-0.25, -0.2) is 0 Å². The number of nitrogens with one attached hydrogen (secondary N) is 1. The number of morpholine rings is 1. The Labute approximate surface area is 140 Å². The van der Waals surface area contributed by atoms with Gasteiger partial charge in [0.05, 0.1) is 12.7 Å². The zero-order chi connectivity index (χ0) is 15.9. The van der Waals surface area contributed by atoms with Crippen molar-refractivity contribution in [1.29, 1.82) is 0 Å². The fourth-order valence-electron chi connectivity index (χ4n) is 2.69. The molecule has 1 N–H and O–H groups in total. The molecule has 2 aromatic heterocycles. The average molecular weight is 331 g/mol. The van der Waals surface area contributed by atoms with Crippen molar-refractivity contribution in [3.8, 4) is 0 Å². The van der Waals surface area contributed by atoms with Crippen LogP contribution in [-0.4, -0.2) is 48.1 Å². The van der Waals surface area contributed by atoms with Crippen LogP contribution in [0.3, 0.4) is 0 Å². The summed E-state index contributed by atoms with van der Waals surface area (Å²) in [5.74, 6) is -0.00530. The fraction of sp³-hybridized carbons (Fsp3) is 0.412. The molecular formula is C17H21N3O2S. The Hall–Kier alpha value is -1.76. The highest BCUT2D eigenvalue weighted by atomic mass is 32.1. The van der Waals surface area contributed by atoms with Gasteiger partial charge in [-0.2, -0.15) is 11.3 Å². The number of thiophene rings is 1. The van der Waals surface area contributed by atoms with Crippen LogP contribution in [0.25, 0.3) is 0 Å². The van der Waals surface area contributed by atoms with E-state index < -0.39 is 0 Å². The molecule has 6 heteroatoms. The molecule has 2 aromatic rings. The molecule has 0 bridgehead atoms. The van der Waals surface area contributed by atoms with Gasteiger partial charge in [0, 0.05) is 49.5 Å². The monoisotopic (exact) mass is 331 g/mol. The van der Waals surface area contributed by atoms with E-state index in [9.17, 15) is 4.79 Å². The van der Waals surface area contributed by atoms with Crippen LogP contribution in [0.4, 0.5) is 0 Å². The van der Waals surface area contributed by atoms with E-state index in [2.05, 4.69) is 21.3 Å². The summed E-state index contributed by atoms with van der Waals surface area (Å²) in [6.07, 6.45) is 4.70. The summed E-state index contributed by atoms with van der Waals surface area (Å²) in [4.78, 5) is 18.4. The molecule has 5 nitrogen and oxygen atoms in total. The van der Waals surface area contributed by atoms with Gasteiger partial charge in [-0.1, -0.05) is 6.07 Å². The highest BCUT2D eigenvalue weighted by molar-refractivity contribution is 7.08. The second-order valence-electron chi connectivity index (χ2n) is 5.65. The molecule has 3 heterocycles. The van der Waals surface area contributed by atoms with Gasteiger partial charge in [-0.05, 0) is 29.5 Å². The summed E-state index contributed by atoms with van der Waals surface area (Å²) in [5, 5.41) is 6.73. The van der Waals surface area contributed by atoms with Crippen molar-refractivity contribution in [3.05, 3.63) is 52.5 Å². The first-order valence-corrected chi connectivity index (χ1v) is 8.79. The molecule has 0 saturated carbocycles. The smallest absolute Gasteiger partial charge is 0.252 e. The number of hydrogen-bond donors (Lipinski definition) is 1. The van der Waals surface area contributed by atoms with E-state index in [1.807, 2.05) is 29.1 Å². The zero-order valence-corrected chi connectivity index (χ0v) is 13.8. The molecule has 1 atom stereocenters. The van der Waals surface area contributed by atoms with Crippen molar-refractivity contribution >= 4 is 17.2 Å². The van der Waals surface area contributed by atoms with E-state index in [0.717, 1.165) is 38.2 Å². The molecule has 0 spiro atoms. The first-order chi connectivity index (χ1) is 11.3. The molecule has 3 rings (SSSR count). The number of ether oxygens (including phenoxy) is 1. The Morgan fingerprint density at radius 3 is 3.22 bits per heavy atom. The number of carbonyl (C=O) groups is 1. The minimum absolute atomic E-state index is 0.00530. The van der Waals surface area contributed by atoms with Crippen LogP contribution >= 0.6 is 11.3 Å². The highest BCUT2D eigenvalue weighted by Gasteiger charge is 2.20. The summed E-state index contributed by atoms with van der Waals surface area (Å²) in [7, 11) is 0. The summed E-state index contributed by atoms with van der Waals surface area (Å²) >= 11 is 1.53. The molecule has 122 valence electrons. The van der Waals surface area contributed by atoms with Gasteiger partial charge >= 0.3 is 0 Å². The van der Waals surface area contributed by atoms with Crippen LogP contribution < -0.4 is 5.32 Å². The van der Waals surface area contributed by atoms with E-state index in [1.165, 1.54) is 16.9 Å². The summed E-state index contributed by atoms with van der Waals surface area (Å²) in [5.41, 5.74) is 1.96. The molecule has 0 unspecified atom stereocenters. The SMILES string of the molecule is O=C(NCC[C@H]1CN(Cc2cccnc2)CCO1)c1ccsc1. The normalized spacial score (nSPS) is 18.7. The van der Waals surface area contributed by atoms with Crippen molar-refractivity contribution in [2.45, 2.75) is 19.1 Å². The van der Waals surface area contributed by atoms with Crippen LogP contribution in [-0.2, 0) is 11.3 Å². The van der Waals surface area contributed by atoms with Gasteiger partial charge in [0.1, 0.15) is 0 Å². The third-order valence-corrected chi connectivity index (χ3v) is 4.57. The van der Waals surface area contributed by atoms with Crippen molar-refractivity contribution in [3.63, 3.8) is 0 Å². The van der Waals surface area contributed by atoms with Gasteiger partial charge in [-0.3, -0.25) is 14.7 Å². The lowest BCUT2D eigenvalue weighted by atomic mass is 10.1. The van der Waals surface area contributed by atoms with E-state index in [0.29, 0.717) is 6.54 Å². The second-order valence-corrected chi connectivity index (χ2v) is 6.43. The van der Waals surface area contributed by atoms with Crippen LogP contribution in [0.1, 0.15) is 22.3 Å². The van der Waals surface area contributed by atoms with Gasteiger partial charge in [0.2, 0.25) is 0 Å². The van der Waals surface area contributed by atoms with Crippen molar-refractivity contribution < 1.29 is 9.53 Å². The number of aromatic nitrogens is 1. The lowest BCUT2D eigenvalue weighted by molar-refractivity contribution is -0.0342. The van der Waals surface area contributed by atoms with Gasteiger partial charge < -0.3 is 10.1 Å². The molecule has 1 fully saturated rings. The van der Waals surface area contributed by atoms with Gasteiger partial charge in [0.15, 0.2) is 0 Å². The van der Waals surface area contributed by atoms with E-state index in [-0.39, 0.29) is 12.0 Å².